The lowest BCUT2D eigenvalue weighted by atomic mass is 10.2. The van der Waals surface area contributed by atoms with Crippen LogP contribution in [-0.2, 0) is 0 Å². The van der Waals surface area contributed by atoms with Crippen LogP contribution in [0.2, 0.25) is 0 Å². The first-order valence-corrected chi connectivity index (χ1v) is 5.72. The molecular weight excluding hydrogens is 244 g/mol. The van der Waals surface area contributed by atoms with Gasteiger partial charge in [0.1, 0.15) is 23.0 Å². The maximum absolute atomic E-state index is 10.8. The molecule has 0 amide bonds. The molecule has 98 valence electrons. The first-order chi connectivity index (χ1) is 9.26. The van der Waals surface area contributed by atoms with Crippen molar-refractivity contribution in [1.82, 2.24) is 0 Å². The summed E-state index contributed by atoms with van der Waals surface area (Å²) < 4.78 is 15.9. The van der Waals surface area contributed by atoms with E-state index >= 15 is 0 Å². The summed E-state index contributed by atoms with van der Waals surface area (Å²) in [5.41, 5.74) is 0.490. The zero-order chi connectivity index (χ0) is 13.7. The largest absolute Gasteiger partial charge is 0.497 e. The van der Waals surface area contributed by atoms with E-state index in [2.05, 4.69) is 0 Å². The van der Waals surface area contributed by atoms with Crippen LogP contribution in [0.1, 0.15) is 10.4 Å². The average molecular weight is 258 g/mol. The summed E-state index contributed by atoms with van der Waals surface area (Å²) in [4.78, 5) is 10.8. The molecule has 2 rings (SSSR count). The lowest BCUT2D eigenvalue weighted by Gasteiger charge is -2.09. The molecule has 0 heterocycles. The fourth-order valence-electron chi connectivity index (χ4n) is 1.63. The average Bonchev–Trinajstić information content (AvgIpc) is 2.48. The minimum atomic E-state index is 0.487. The van der Waals surface area contributed by atoms with Crippen molar-refractivity contribution < 1.29 is 19.0 Å². The fraction of sp³-hybridized carbons (Fsp3) is 0.133. The van der Waals surface area contributed by atoms with Gasteiger partial charge in [-0.1, -0.05) is 0 Å². The maximum atomic E-state index is 10.8. The van der Waals surface area contributed by atoms with E-state index in [1.807, 2.05) is 12.1 Å². The summed E-state index contributed by atoms with van der Waals surface area (Å²) in [7, 11) is 3.12. The second-order valence-corrected chi connectivity index (χ2v) is 3.80. The first-order valence-electron chi connectivity index (χ1n) is 5.72. The Bertz CT molecular complexity index is 561. The highest BCUT2D eigenvalue weighted by Crippen LogP contribution is 2.28. The molecule has 0 aromatic heterocycles. The minimum absolute atomic E-state index is 0.487. The van der Waals surface area contributed by atoms with Crippen LogP contribution in [0.5, 0.6) is 23.0 Å². The Morgan fingerprint density at radius 2 is 1.47 bits per heavy atom. The van der Waals surface area contributed by atoms with Crippen molar-refractivity contribution in [2.75, 3.05) is 14.2 Å². The van der Waals surface area contributed by atoms with Crippen LogP contribution in [0.15, 0.2) is 42.5 Å². The molecule has 0 saturated carbocycles. The van der Waals surface area contributed by atoms with Crippen LogP contribution in [0.4, 0.5) is 0 Å². The third-order valence-electron chi connectivity index (χ3n) is 2.63. The number of carbonyl (C=O) groups excluding carboxylic acids is 1. The molecule has 0 bridgehead atoms. The maximum Gasteiger partial charge on any atom is 0.153 e. The summed E-state index contributed by atoms with van der Waals surface area (Å²) in [5, 5.41) is 0. The van der Waals surface area contributed by atoms with Crippen LogP contribution < -0.4 is 14.2 Å². The van der Waals surface area contributed by atoms with Gasteiger partial charge in [-0.15, -0.1) is 0 Å². The standard InChI is InChI=1S/C15H14O4/c1-17-12-5-7-13(8-6-12)19-14-4-3-11(10-16)15(9-14)18-2/h3-10H,1-2H3. The zero-order valence-corrected chi connectivity index (χ0v) is 10.8. The molecule has 2 aromatic rings. The molecule has 0 aliphatic rings. The molecule has 2 aromatic carbocycles. The van der Waals surface area contributed by atoms with E-state index in [4.69, 9.17) is 14.2 Å². The quantitative estimate of drug-likeness (QED) is 0.772. The summed E-state index contributed by atoms with van der Waals surface area (Å²) in [6.45, 7) is 0. The van der Waals surface area contributed by atoms with Crippen molar-refractivity contribution >= 4 is 6.29 Å². The van der Waals surface area contributed by atoms with Gasteiger partial charge in [0.15, 0.2) is 6.29 Å². The van der Waals surface area contributed by atoms with E-state index in [1.54, 1.807) is 37.4 Å². The molecule has 0 unspecified atom stereocenters. The molecule has 19 heavy (non-hydrogen) atoms. The number of methoxy groups -OCH3 is 2. The van der Waals surface area contributed by atoms with Crippen LogP contribution in [0, 0.1) is 0 Å². The van der Waals surface area contributed by atoms with Crippen molar-refractivity contribution in [1.29, 1.82) is 0 Å². The van der Waals surface area contributed by atoms with E-state index in [0.29, 0.717) is 22.8 Å². The fourth-order valence-corrected chi connectivity index (χ4v) is 1.63. The van der Waals surface area contributed by atoms with Crippen LogP contribution in [0.25, 0.3) is 0 Å². The van der Waals surface area contributed by atoms with E-state index < -0.39 is 0 Å². The number of aldehydes is 1. The minimum Gasteiger partial charge on any atom is -0.497 e. The second kappa shape index (κ2) is 5.91. The molecule has 0 aliphatic carbocycles. The highest BCUT2D eigenvalue weighted by Gasteiger charge is 2.05. The topological polar surface area (TPSA) is 44.8 Å². The van der Waals surface area contributed by atoms with Gasteiger partial charge in [-0.2, -0.15) is 0 Å². The molecule has 0 atom stereocenters. The Kier molecular flexibility index (Phi) is 4.03. The summed E-state index contributed by atoms with van der Waals surface area (Å²) in [6, 6.07) is 12.3. The number of hydrogen-bond acceptors (Lipinski definition) is 4. The molecule has 0 radical (unpaired) electrons. The van der Waals surface area contributed by atoms with Crippen LogP contribution >= 0.6 is 0 Å². The highest BCUT2D eigenvalue weighted by atomic mass is 16.5. The van der Waals surface area contributed by atoms with Crippen molar-refractivity contribution in [3.05, 3.63) is 48.0 Å². The molecule has 0 spiro atoms. The van der Waals surface area contributed by atoms with Crippen molar-refractivity contribution in [2.45, 2.75) is 0 Å². The van der Waals surface area contributed by atoms with E-state index in [9.17, 15) is 4.79 Å². The van der Waals surface area contributed by atoms with E-state index in [-0.39, 0.29) is 0 Å². The highest BCUT2D eigenvalue weighted by molar-refractivity contribution is 5.79. The smallest absolute Gasteiger partial charge is 0.153 e. The monoisotopic (exact) mass is 258 g/mol. The summed E-state index contributed by atoms with van der Waals surface area (Å²) >= 11 is 0. The van der Waals surface area contributed by atoms with Crippen molar-refractivity contribution in [3.8, 4) is 23.0 Å². The molecule has 0 fully saturated rings. The number of carbonyl (C=O) groups is 1. The van der Waals surface area contributed by atoms with Crippen molar-refractivity contribution in [3.63, 3.8) is 0 Å². The van der Waals surface area contributed by atoms with Crippen molar-refractivity contribution in [2.24, 2.45) is 0 Å². The van der Waals surface area contributed by atoms with Gasteiger partial charge in [-0.05, 0) is 36.4 Å². The summed E-state index contributed by atoms with van der Waals surface area (Å²) in [6.07, 6.45) is 0.746. The molecule has 0 saturated heterocycles. The SMILES string of the molecule is COc1ccc(Oc2ccc(C=O)c(OC)c2)cc1. The normalized spacial score (nSPS) is 9.79. The summed E-state index contributed by atoms with van der Waals surface area (Å²) in [5.74, 6) is 2.54. The zero-order valence-electron chi connectivity index (χ0n) is 10.8. The van der Waals surface area contributed by atoms with Gasteiger partial charge >= 0.3 is 0 Å². The number of rotatable bonds is 5. The van der Waals surface area contributed by atoms with E-state index in [0.717, 1.165) is 12.0 Å². The number of hydrogen-bond donors (Lipinski definition) is 0. The Labute approximate surface area is 111 Å². The van der Waals surface area contributed by atoms with Crippen LogP contribution in [0.3, 0.4) is 0 Å². The predicted octanol–water partition coefficient (Wildman–Crippen LogP) is 3.31. The Morgan fingerprint density at radius 3 is 2.05 bits per heavy atom. The lowest BCUT2D eigenvalue weighted by molar-refractivity contribution is 0.112. The Morgan fingerprint density at radius 1 is 0.842 bits per heavy atom. The molecule has 4 heteroatoms. The van der Waals surface area contributed by atoms with Crippen LogP contribution in [-0.4, -0.2) is 20.5 Å². The molecule has 0 aliphatic heterocycles. The molecule has 0 N–H and O–H groups in total. The van der Waals surface area contributed by atoms with Gasteiger partial charge in [0, 0.05) is 6.07 Å². The number of ether oxygens (including phenoxy) is 3. The third kappa shape index (κ3) is 3.04. The predicted molar refractivity (Wildman–Crippen MR) is 71.4 cm³/mol. The van der Waals surface area contributed by atoms with Gasteiger partial charge in [-0.25, -0.2) is 0 Å². The van der Waals surface area contributed by atoms with E-state index in [1.165, 1.54) is 7.11 Å². The lowest BCUT2D eigenvalue weighted by Crippen LogP contribution is -1.92. The first kappa shape index (κ1) is 13.0. The second-order valence-electron chi connectivity index (χ2n) is 3.80. The Balaban J connectivity index is 2.20. The van der Waals surface area contributed by atoms with Gasteiger partial charge < -0.3 is 14.2 Å². The van der Waals surface area contributed by atoms with Gasteiger partial charge in [0.2, 0.25) is 0 Å². The molecular formula is C15H14O4. The third-order valence-corrected chi connectivity index (χ3v) is 2.63. The van der Waals surface area contributed by atoms with Gasteiger partial charge in [-0.3, -0.25) is 4.79 Å². The Hall–Kier alpha value is -2.49. The molecule has 4 nitrogen and oxygen atoms in total. The van der Waals surface area contributed by atoms with Gasteiger partial charge in [0.05, 0.1) is 19.8 Å². The van der Waals surface area contributed by atoms with Gasteiger partial charge in [0.25, 0.3) is 0 Å². The number of benzene rings is 2.